The van der Waals surface area contributed by atoms with Crippen molar-refractivity contribution in [2.45, 2.75) is 47.1 Å². The van der Waals surface area contributed by atoms with Gasteiger partial charge in [0.1, 0.15) is 18.1 Å². The normalized spacial score (nSPS) is 14.5. The van der Waals surface area contributed by atoms with Crippen LogP contribution < -0.4 is 4.74 Å². The van der Waals surface area contributed by atoms with E-state index in [0.29, 0.717) is 45.8 Å². The van der Waals surface area contributed by atoms with Crippen LogP contribution in [0.4, 0.5) is 0 Å². The first-order chi connectivity index (χ1) is 18.4. The first kappa shape index (κ1) is 26.1. The predicted octanol–water partition coefficient (Wildman–Crippen LogP) is 5.60. The van der Waals surface area contributed by atoms with Crippen molar-refractivity contribution in [3.63, 3.8) is 0 Å². The molecule has 0 aliphatic carbocycles. The van der Waals surface area contributed by atoms with E-state index in [4.69, 9.17) is 14.0 Å². The molecule has 0 spiro atoms. The zero-order valence-electron chi connectivity index (χ0n) is 22.4. The third-order valence-electron chi connectivity index (χ3n) is 6.80. The third kappa shape index (κ3) is 5.97. The van der Waals surface area contributed by atoms with Crippen molar-refractivity contribution in [1.29, 1.82) is 0 Å². The van der Waals surface area contributed by atoms with E-state index >= 15 is 0 Å². The van der Waals surface area contributed by atoms with Crippen LogP contribution in [-0.2, 0) is 28.9 Å². The topological polar surface area (TPSA) is 77.7 Å². The maximum atomic E-state index is 13.3. The van der Waals surface area contributed by atoms with Gasteiger partial charge in [0.25, 0.3) is 0 Å². The quantitative estimate of drug-likeness (QED) is 0.342. The summed E-state index contributed by atoms with van der Waals surface area (Å²) in [5, 5.41) is 5.11. The molecule has 0 N–H and O–H groups in total. The zero-order valence-corrected chi connectivity index (χ0v) is 23.2. The molecule has 2 bridgehead atoms. The Kier molecular flexibility index (Phi) is 7.90. The van der Waals surface area contributed by atoms with E-state index in [9.17, 15) is 4.79 Å². The largest absolute Gasteiger partial charge is 0.491 e. The van der Waals surface area contributed by atoms with Crippen LogP contribution in [0.3, 0.4) is 0 Å². The summed E-state index contributed by atoms with van der Waals surface area (Å²) in [6.45, 7) is 10.2. The van der Waals surface area contributed by atoms with E-state index < -0.39 is 0 Å². The number of carbonyl (C=O) groups excluding carboxylic acids is 1. The van der Waals surface area contributed by atoms with Crippen molar-refractivity contribution < 1.29 is 18.8 Å². The molecule has 4 aromatic rings. The first-order valence-corrected chi connectivity index (χ1v) is 13.7. The number of ether oxygens (including phenoxy) is 2. The fraction of sp³-hybridized carbons (Fsp3) is 0.367. The molecule has 3 heterocycles. The molecular formula is C30H33N3O4S. The molecule has 8 heteroatoms. The van der Waals surface area contributed by atoms with Crippen molar-refractivity contribution in [2.75, 3.05) is 26.4 Å². The Morgan fingerprint density at radius 2 is 1.84 bits per heavy atom. The summed E-state index contributed by atoms with van der Waals surface area (Å²) in [5.74, 6) is 1.73. The molecule has 0 unspecified atom stereocenters. The van der Waals surface area contributed by atoms with Crippen molar-refractivity contribution in [2.24, 2.45) is 0 Å². The third-order valence-corrected chi connectivity index (χ3v) is 7.87. The maximum absolute atomic E-state index is 13.3. The highest BCUT2D eigenvalue weighted by Crippen LogP contribution is 2.32. The molecule has 5 rings (SSSR count). The number of thiazole rings is 1. The molecule has 198 valence electrons. The lowest BCUT2D eigenvalue weighted by Crippen LogP contribution is -2.35. The number of rotatable bonds is 3. The van der Waals surface area contributed by atoms with Gasteiger partial charge in [0.15, 0.2) is 0 Å². The highest BCUT2D eigenvalue weighted by Gasteiger charge is 2.19. The minimum absolute atomic E-state index is 0.0866. The monoisotopic (exact) mass is 531 g/mol. The van der Waals surface area contributed by atoms with E-state index in [0.717, 1.165) is 60.6 Å². The molecule has 0 saturated carbocycles. The number of carbonyl (C=O) groups is 1. The van der Waals surface area contributed by atoms with Crippen LogP contribution in [0.25, 0.3) is 11.1 Å². The molecule has 2 aromatic heterocycles. The van der Waals surface area contributed by atoms with Crippen LogP contribution in [0, 0.1) is 27.7 Å². The molecule has 1 amide bonds. The van der Waals surface area contributed by atoms with Gasteiger partial charge < -0.3 is 18.9 Å². The zero-order chi connectivity index (χ0) is 26.6. The summed E-state index contributed by atoms with van der Waals surface area (Å²) in [6, 6.07) is 14.7. The number of aryl methyl sites for hydroxylation is 4. The first-order valence-electron chi connectivity index (χ1n) is 12.9. The van der Waals surface area contributed by atoms with Gasteiger partial charge in [0.2, 0.25) is 5.91 Å². The second-order valence-electron chi connectivity index (χ2n) is 9.71. The van der Waals surface area contributed by atoms with Crippen molar-refractivity contribution in [3.8, 4) is 16.9 Å². The lowest BCUT2D eigenvalue weighted by molar-refractivity contribution is -0.131. The van der Waals surface area contributed by atoms with E-state index in [-0.39, 0.29) is 5.91 Å². The Morgan fingerprint density at radius 1 is 1.00 bits per heavy atom. The average Bonchev–Trinajstić information content (AvgIpc) is 3.39. The standard InChI is InChI=1S/C30H33N3O4S/c1-19-28(38-22(4)31-19)17-29(34)33-10-11-35-12-13-36-27-9-8-25(30-20(2)32-37-21(30)3)16-26(27)15-23-6-5-7-24(14-23)18-33/h5-9,14,16H,10-13,15,17-18H2,1-4H3. The smallest absolute Gasteiger partial charge is 0.228 e. The van der Waals surface area contributed by atoms with Crippen LogP contribution in [0.5, 0.6) is 5.75 Å². The Bertz CT molecular complexity index is 1420. The minimum Gasteiger partial charge on any atom is -0.491 e. The molecular weight excluding hydrogens is 498 g/mol. The van der Waals surface area contributed by atoms with Gasteiger partial charge in [0, 0.05) is 30.0 Å². The maximum Gasteiger partial charge on any atom is 0.228 e. The van der Waals surface area contributed by atoms with Gasteiger partial charge in [-0.1, -0.05) is 35.5 Å². The number of hydrogen-bond donors (Lipinski definition) is 0. The van der Waals surface area contributed by atoms with Crippen molar-refractivity contribution in [1.82, 2.24) is 15.0 Å². The van der Waals surface area contributed by atoms with E-state index in [1.54, 1.807) is 11.3 Å². The van der Waals surface area contributed by atoms with E-state index in [2.05, 4.69) is 46.5 Å². The summed E-state index contributed by atoms with van der Waals surface area (Å²) in [7, 11) is 0. The molecule has 7 nitrogen and oxygen atoms in total. The summed E-state index contributed by atoms with van der Waals surface area (Å²) < 4.78 is 17.4. The van der Waals surface area contributed by atoms with Crippen LogP contribution in [-0.4, -0.2) is 47.3 Å². The fourth-order valence-corrected chi connectivity index (χ4v) is 5.88. The lowest BCUT2D eigenvalue weighted by Gasteiger charge is -2.24. The number of aromatic nitrogens is 2. The van der Waals surface area contributed by atoms with Gasteiger partial charge in [-0.3, -0.25) is 4.79 Å². The molecule has 38 heavy (non-hydrogen) atoms. The van der Waals surface area contributed by atoms with Gasteiger partial charge in [-0.25, -0.2) is 4.98 Å². The molecule has 0 saturated heterocycles. The van der Waals surface area contributed by atoms with Gasteiger partial charge in [-0.05, 0) is 62.1 Å². The average molecular weight is 532 g/mol. The van der Waals surface area contributed by atoms with Gasteiger partial charge >= 0.3 is 0 Å². The van der Waals surface area contributed by atoms with Crippen LogP contribution in [0.1, 0.15) is 43.7 Å². The summed E-state index contributed by atoms with van der Waals surface area (Å²) >= 11 is 1.59. The summed E-state index contributed by atoms with van der Waals surface area (Å²) in [6.07, 6.45) is 1.06. The van der Waals surface area contributed by atoms with Crippen molar-refractivity contribution >= 4 is 17.2 Å². The second-order valence-corrected chi connectivity index (χ2v) is 11.0. The Hall–Kier alpha value is -3.49. The number of nitrogens with zero attached hydrogens (tertiary/aromatic N) is 3. The molecule has 0 fully saturated rings. The highest BCUT2D eigenvalue weighted by molar-refractivity contribution is 7.11. The van der Waals surface area contributed by atoms with E-state index in [1.165, 1.54) is 0 Å². The SMILES string of the molecule is Cc1nc(C)c(CC(=O)N2CCOCCOc3ccc(-c4c(C)noc4C)cc3Cc3cccc(c3)C2)s1. The van der Waals surface area contributed by atoms with Gasteiger partial charge in [-0.15, -0.1) is 11.3 Å². The Balaban J connectivity index is 1.42. The predicted molar refractivity (Wildman–Crippen MR) is 148 cm³/mol. The van der Waals surface area contributed by atoms with Crippen molar-refractivity contribution in [3.05, 3.63) is 86.2 Å². The van der Waals surface area contributed by atoms with Crippen LogP contribution in [0.15, 0.2) is 47.0 Å². The molecule has 1 aliphatic rings. The highest BCUT2D eigenvalue weighted by atomic mass is 32.1. The van der Waals surface area contributed by atoms with Gasteiger partial charge in [-0.2, -0.15) is 0 Å². The number of hydrogen-bond acceptors (Lipinski definition) is 7. The molecule has 1 aliphatic heterocycles. The molecule has 2 aromatic carbocycles. The number of benzene rings is 2. The Labute approximate surface area is 227 Å². The van der Waals surface area contributed by atoms with Crippen LogP contribution in [0.2, 0.25) is 0 Å². The number of amides is 1. The lowest BCUT2D eigenvalue weighted by atomic mass is 9.96. The van der Waals surface area contributed by atoms with Gasteiger partial charge in [0.05, 0.1) is 36.0 Å². The Morgan fingerprint density at radius 3 is 2.61 bits per heavy atom. The molecule has 0 radical (unpaired) electrons. The van der Waals surface area contributed by atoms with Crippen LogP contribution >= 0.6 is 11.3 Å². The minimum atomic E-state index is 0.0866. The van der Waals surface area contributed by atoms with E-state index in [1.807, 2.05) is 38.7 Å². The summed E-state index contributed by atoms with van der Waals surface area (Å²) in [4.78, 5) is 20.7. The molecule has 0 atom stereocenters. The summed E-state index contributed by atoms with van der Waals surface area (Å²) in [5.41, 5.74) is 7.22. The fourth-order valence-electron chi connectivity index (χ4n) is 4.95. The second kappa shape index (κ2) is 11.5. The number of fused-ring (bicyclic) bond motifs is 3.